The van der Waals surface area contributed by atoms with Crippen LogP contribution in [0.3, 0.4) is 0 Å². The molecule has 0 heterocycles. The molecule has 1 aromatic rings. The topological polar surface area (TPSA) is 91.0 Å². The van der Waals surface area contributed by atoms with E-state index in [0.29, 0.717) is 0 Å². The van der Waals surface area contributed by atoms with E-state index < -0.39 is 17.8 Å². The number of urea groups is 1. The Morgan fingerprint density at radius 3 is 2.80 bits per heavy atom. The molecule has 0 radical (unpaired) electrons. The Morgan fingerprint density at radius 1 is 1.53 bits per heavy atom. The molecule has 5 nitrogen and oxygen atoms in total. The fourth-order valence-electron chi connectivity index (χ4n) is 0.889. The molecule has 0 fully saturated rings. The van der Waals surface area contributed by atoms with Crippen LogP contribution in [-0.4, -0.2) is 12.0 Å². The Labute approximate surface area is 89.9 Å². The molecule has 15 heavy (non-hydrogen) atoms. The van der Waals surface area contributed by atoms with Crippen molar-refractivity contribution in [2.45, 2.75) is 0 Å². The van der Waals surface area contributed by atoms with E-state index in [1.165, 1.54) is 18.2 Å². The quantitative estimate of drug-likeness (QED) is 0.435. The van der Waals surface area contributed by atoms with Gasteiger partial charge in [0.1, 0.15) is 0 Å². The summed E-state index contributed by atoms with van der Waals surface area (Å²) in [6, 6.07) is 3.34. The van der Waals surface area contributed by atoms with Crippen molar-refractivity contribution in [1.82, 2.24) is 5.32 Å². The van der Waals surface area contributed by atoms with Gasteiger partial charge < -0.3 is 11.1 Å². The highest BCUT2D eigenvalue weighted by Gasteiger charge is 2.07. The molecule has 1 rings (SSSR count). The first-order valence-electron chi connectivity index (χ1n) is 3.86. The number of carbonyl (C=O) groups is 1. The summed E-state index contributed by atoms with van der Waals surface area (Å²) in [4.78, 5) is 10.4. The molecule has 0 aromatic heterocycles. The van der Waals surface area contributed by atoms with Gasteiger partial charge in [-0.2, -0.15) is 0 Å². The first kappa shape index (κ1) is 11.3. The van der Waals surface area contributed by atoms with Crippen LogP contribution in [0.1, 0.15) is 0 Å². The van der Waals surface area contributed by atoms with Crippen LogP contribution in [0.25, 0.3) is 0 Å². The van der Waals surface area contributed by atoms with Crippen LogP contribution in [0.4, 0.5) is 14.9 Å². The van der Waals surface area contributed by atoms with Gasteiger partial charge in [0.05, 0.1) is 10.7 Å². The van der Waals surface area contributed by atoms with Gasteiger partial charge in [-0.1, -0.05) is 17.7 Å². The summed E-state index contributed by atoms with van der Waals surface area (Å²) in [6.07, 6.45) is 0. The van der Waals surface area contributed by atoms with Crippen LogP contribution in [0, 0.1) is 11.2 Å². The molecule has 0 spiro atoms. The van der Waals surface area contributed by atoms with Crippen molar-refractivity contribution in [3.05, 3.63) is 29.0 Å². The zero-order valence-corrected chi connectivity index (χ0v) is 8.23. The van der Waals surface area contributed by atoms with Gasteiger partial charge >= 0.3 is 6.03 Å². The van der Waals surface area contributed by atoms with E-state index >= 15 is 0 Å². The average molecular weight is 231 g/mol. The Hall–Kier alpha value is -1.82. The van der Waals surface area contributed by atoms with Gasteiger partial charge in [-0.15, -0.1) is 0 Å². The van der Waals surface area contributed by atoms with Gasteiger partial charge in [0, 0.05) is 0 Å². The van der Waals surface area contributed by atoms with Gasteiger partial charge in [0.25, 0.3) is 0 Å². The molecule has 0 aliphatic carbocycles. The van der Waals surface area contributed by atoms with Crippen LogP contribution in [0.2, 0.25) is 5.02 Å². The minimum atomic E-state index is -0.907. The zero-order valence-electron chi connectivity index (χ0n) is 7.47. The van der Waals surface area contributed by atoms with Crippen molar-refractivity contribution in [2.24, 2.45) is 5.73 Å². The van der Waals surface area contributed by atoms with E-state index in [0.717, 1.165) is 0 Å². The van der Waals surface area contributed by atoms with Crippen LogP contribution in [0.15, 0.2) is 18.2 Å². The number of primary amides is 1. The summed E-state index contributed by atoms with van der Waals surface area (Å²) in [5.74, 6) is -1.13. The van der Waals surface area contributed by atoms with E-state index in [1.807, 2.05) is 5.32 Å². The largest absolute Gasteiger partial charge is 0.351 e. The molecule has 80 valence electrons. The lowest BCUT2D eigenvalue weighted by Gasteiger charge is -2.08. The fourth-order valence-corrected chi connectivity index (χ4v) is 1.06. The zero-order chi connectivity index (χ0) is 11.4. The number of benzene rings is 1. The highest BCUT2D eigenvalue weighted by atomic mass is 35.5. The van der Waals surface area contributed by atoms with Crippen molar-refractivity contribution in [3.8, 4) is 0 Å². The van der Waals surface area contributed by atoms with Crippen molar-refractivity contribution in [1.29, 1.82) is 5.41 Å². The number of nitrogens with one attached hydrogen (secondary N) is 3. The Bertz CT molecular complexity index is 410. The molecule has 2 amide bonds. The van der Waals surface area contributed by atoms with E-state index in [4.69, 9.17) is 22.7 Å². The summed E-state index contributed by atoms with van der Waals surface area (Å²) >= 11 is 5.51. The first-order valence-corrected chi connectivity index (χ1v) is 4.24. The third-order valence-corrected chi connectivity index (χ3v) is 1.75. The SMILES string of the molecule is N=C(NC(N)=O)Nc1cccc(Cl)c1F. The number of carbonyl (C=O) groups excluding carboxylic acids is 1. The maximum atomic E-state index is 13.3. The summed E-state index contributed by atoms with van der Waals surface area (Å²) in [5, 5.41) is 11.3. The monoisotopic (exact) mass is 230 g/mol. The van der Waals surface area contributed by atoms with Crippen LogP contribution in [0.5, 0.6) is 0 Å². The molecule has 0 bridgehead atoms. The van der Waals surface area contributed by atoms with Crippen molar-refractivity contribution >= 4 is 29.3 Å². The summed E-state index contributed by atoms with van der Waals surface area (Å²) in [6.45, 7) is 0. The second-order valence-electron chi connectivity index (χ2n) is 2.59. The van der Waals surface area contributed by atoms with Crippen molar-refractivity contribution < 1.29 is 9.18 Å². The Morgan fingerprint density at radius 2 is 2.20 bits per heavy atom. The fraction of sp³-hybridized carbons (Fsp3) is 0. The van der Waals surface area contributed by atoms with E-state index in [1.54, 1.807) is 0 Å². The molecule has 0 aliphatic heterocycles. The third kappa shape index (κ3) is 3.10. The standard InChI is InChI=1S/C8H8ClFN4O/c9-4-2-1-3-5(6(4)10)13-7(11)14-8(12)15/h1-3H,(H5,11,12,13,14,15). The second-order valence-corrected chi connectivity index (χ2v) is 3.00. The average Bonchev–Trinajstić information content (AvgIpc) is 2.11. The summed E-state index contributed by atoms with van der Waals surface area (Å²) in [7, 11) is 0. The smallest absolute Gasteiger partial charge is 0.318 e. The second kappa shape index (κ2) is 4.61. The van der Waals surface area contributed by atoms with Gasteiger partial charge in [-0.25, -0.2) is 9.18 Å². The number of nitrogens with two attached hydrogens (primary N) is 1. The highest BCUT2D eigenvalue weighted by molar-refractivity contribution is 6.31. The molecule has 5 N–H and O–H groups in total. The van der Waals surface area contributed by atoms with Crippen LogP contribution < -0.4 is 16.4 Å². The summed E-state index contributed by atoms with van der Waals surface area (Å²) < 4.78 is 13.3. The molecule has 0 atom stereocenters. The maximum Gasteiger partial charge on any atom is 0.318 e. The lowest BCUT2D eigenvalue weighted by Crippen LogP contribution is -2.38. The molecular weight excluding hydrogens is 223 g/mol. The molecule has 1 aromatic carbocycles. The number of anilines is 1. The van der Waals surface area contributed by atoms with E-state index in [-0.39, 0.29) is 10.7 Å². The molecule has 0 saturated heterocycles. The van der Waals surface area contributed by atoms with Crippen molar-refractivity contribution in [2.75, 3.05) is 5.32 Å². The summed E-state index contributed by atoms with van der Waals surface area (Å²) in [5.41, 5.74) is 4.75. The minimum Gasteiger partial charge on any atom is -0.351 e. The number of hydrogen-bond donors (Lipinski definition) is 4. The predicted octanol–water partition coefficient (Wildman–Crippen LogP) is 1.49. The number of guanidine groups is 1. The van der Waals surface area contributed by atoms with E-state index in [2.05, 4.69) is 5.32 Å². The van der Waals surface area contributed by atoms with Gasteiger partial charge in [0.15, 0.2) is 5.82 Å². The van der Waals surface area contributed by atoms with E-state index in [9.17, 15) is 9.18 Å². The van der Waals surface area contributed by atoms with Gasteiger partial charge in [-0.05, 0) is 12.1 Å². The highest BCUT2D eigenvalue weighted by Crippen LogP contribution is 2.21. The van der Waals surface area contributed by atoms with Gasteiger partial charge in [-0.3, -0.25) is 10.7 Å². The number of rotatable bonds is 1. The number of halogens is 2. The number of amides is 2. The van der Waals surface area contributed by atoms with Gasteiger partial charge in [0.2, 0.25) is 5.96 Å². The predicted molar refractivity (Wildman–Crippen MR) is 55.5 cm³/mol. The number of hydrogen-bond acceptors (Lipinski definition) is 2. The molecule has 0 aliphatic rings. The lowest BCUT2D eigenvalue weighted by molar-refractivity contribution is 0.253. The third-order valence-electron chi connectivity index (χ3n) is 1.46. The normalized spacial score (nSPS) is 9.47. The maximum absolute atomic E-state index is 13.3. The van der Waals surface area contributed by atoms with Crippen LogP contribution >= 0.6 is 11.6 Å². The van der Waals surface area contributed by atoms with Crippen LogP contribution in [-0.2, 0) is 0 Å². The molecule has 7 heteroatoms. The Balaban J connectivity index is 2.77. The molecule has 0 unspecified atom stereocenters. The lowest BCUT2D eigenvalue weighted by atomic mass is 10.3. The van der Waals surface area contributed by atoms with Crippen molar-refractivity contribution in [3.63, 3.8) is 0 Å². The molecular formula is C8H8ClFN4O. The first-order chi connectivity index (χ1) is 7.00. The Kier molecular flexibility index (Phi) is 3.46. The minimum absolute atomic E-state index is 0.0127. The molecule has 0 saturated carbocycles.